The van der Waals surface area contributed by atoms with Gasteiger partial charge in [-0.05, 0) is 60.3 Å². The monoisotopic (exact) mass is 271 g/mol. The van der Waals surface area contributed by atoms with Gasteiger partial charge in [-0.3, -0.25) is 0 Å². The molecule has 1 saturated heterocycles. The average molecular weight is 271 g/mol. The molecule has 0 aromatic carbocycles. The summed E-state index contributed by atoms with van der Waals surface area (Å²) in [6.07, 6.45) is 0.947. The molecule has 1 heterocycles. The lowest BCUT2D eigenvalue weighted by molar-refractivity contribution is 0.0214. The lowest BCUT2D eigenvalue weighted by atomic mass is 10.1. The van der Waals surface area contributed by atoms with Gasteiger partial charge in [-0.1, -0.05) is 0 Å². The molecular weight excluding hydrogens is 242 g/mol. The fourth-order valence-electron chi connectivity index (χ4n) is 2.09. The summed E-state index contributed by atoms with van der Waals surface area (Å²) in [6, 6.07) is 0. The maximum atomic E-state index is 12.2. The Morgan fingerprint density at radius 1 is 1.32 bits per heavy atom. The van der Waals surface area contributed by atoms with Crippen LogP contribution in [0.4, 0.5) is 4.79 Å². The van der Waals surface area contributed by atoms with E-state index in [1.54, 1.807) is 0 Å². The SMILES string of the molecule is CN(C)CCN(CC1CCNC1)C(=O)OC(C)(C)C. The highest BCUT2D eigenvalue weighted by molar-refractivity contribution is 5.68. The van der Waals surface area contributed by atoms with Crippen LogP contribution in [0.5, 0.6) is 0 Å². The molecule has 5 nitrogen and oxygen atoms in total. The number of amides is 1. The first-order chi connectivity index (χ1) is 8.78. The summed E-state index contributed by atoms with van der Waals surface area (Å²) in [4.78, 5) is 16.2. The first-order valence-corrected chi connectivity index (χ1v) is 7.11. The molecule has 1 aliphatic rings. The van der Waals surface area contributed by atoms with E-state index in [9.17, 15) is 4.79 Å². The summed E-state index contributed by atoms with van der Waals surface area (Å²) in [7, 11) is 4.04. The second-order valence-electron chi connectivity index (χ2n) is 6.59. The molecule has 1 unspecified atom stereocenters. The minimum atomic E-state index is -0.429. The van der Waals surface area contributed by atoms with Crippen LogP contribution in [0, 0.1) is 5.92 Å². The average Bonchev–Trinajstić information content (AvgIpc) is 2.73. The van der Waals surface area contributed by atoms with Crippen molar-refractivity contribution >= 4 is 6.09 Å². The van der Waals surface area contributed by atoms with Crippen LogP contribution in [-0.4, -0.2) is 68.3 Å². The highest BCUT2D eigenvalue weighted by Gasteiger charge is 2.25. The molecule has 1 N–H and O–H groups in total. The van der Waals surface area contributed by atoms with Crippen molar-refractivity contribution in [1.82, 2.24) is 15.1 Å². The Morgan fingerprint density at radius 2 is 2.00 bits per heavy atom. The summed E-state index contributed by atoms with van der Waals surface area (Å²) in [5.41, 5.74) is -0.429. The molecule has 112 valence electrons. The van der Waals surface area contributed by atoms with Crippen molar-refractivity contribution in [2.45, 2.75) is 32.8 Å². The van der Waals surface area contributed by atoms with Crippen LogP contribution in [0.2, 0.25) is 0 Å². The van der Waals surface area contributed by atoms with E-state index < -0.39 is 5.60 Å². The van der Waals surface area contributed by atoms with E-state index in [0.29, 0.717) is 5.92 Å². The second kappa shape index (κ2) is 7.10. The molecule has 0 bridgehead atoms. The van der Waals surface area contributed by atoms with Crippen molar-refractivity contribution < 1.29 is 9.53 Å². The lowest BCUT2D eigenvalue weighted by Gasteiger charge is -2.29. The number of carbonyl (C=O) groups is 1. The van der Waals surface area contributed by atoms with Gasteiger partial charge in [-0.25, -0.2) is 4.79 Å². The number of rotatable bonds is 5. The molecule has 0 aromatic rings. The first kappa shape index (κ1) is 16.2. The molecule has 0 spiro atoms. The molecule has 0 aliphatic carbocycles. The smallest absolute Gasteiger partial charge is 0.410 e. The van der Waals surface area contributed by atoms with E-state index in [0.717, 1.165) is 39.1 Å². The van der Waals surface area contributed by atoms with Crippen LogP contribution in [0.15, 0.2) is 0 Å². The molecule has 0 radical (unpaired) electrons. The van der Waals surface area contributed by atoms with E-state index in [1.807, 2.05) is 39.8 Å². The number of hydrogen-bond acceptors (Lipinski definition) is 4. The normalized spacial score (nSPS) is 19.8. The van der Waals surface area contributed by atoms with Gasteiger partial charge in [0.05, 0.1) is 0 Å². The highest BCUT2D eigenvalue weighted by Crippen LogP contribution is 2.14. The molecule has 19 heavy (non-hydrogen) atoms. The fourth-order valence-corrected chi connectivity index (χ4v) is 2.09. The zero-order chi connectivity index (χ0) is 14.5. The Kier molecular flexibility index (Phi) is 6.07. The van der Waals surface area contributed by atoms with Gasteiger partial charge in [0.15, 0.2) is 0 Å². The number of ether oxygens (including phenoxy) is 1. The zero-order valence-electron chi connectivity index (χ0n) is 13.0. The van der Waals surface area contributed by atoms with Crippen molar-refractivity contribution in [3.05, 3.63) is 0 Å². The van der Waals surface area contributed by atoms with Crippen LogP contribution >= 0.6 is 0 Å². The lowest BCUT2D eigenvalue weighted by Crippen LogP contribution is -2.43. The summed E-state index contributed by atoms with van der Waals surface area (Å²) >= 11 is 0. The number of nitrogens with one attached hydrogen (secondary N) is 1. The minimum absolute atomic E-state index is 0.193. The predicted octanol–water partition coefficient (Wildman–Crippen LogP) is 1.39. The van der Waals surface area contributed by atoms with E-state index in [2.05, 4.69) is 10.2 Å². The Bertz CT molecular complexity index is 281. The van der Waals surface area contributed by atoms with Crippen LogP contribution in [-0.2, 0) is 4.74 Å². The predicted molar refractivity (Wildman–Crippen MR) is 77.3 cm³/mol. The largest absolute Gasteiger partial charge is 0.444 e. The van der Waals surface area contributed by atoms with Crippen molar-refractivity contribution in [1.29, 1.82) is 0 Å². The van der Waals surface area contributed by atoms with E-state index in [-0.39, 0.29) is 6.09 Å². The quantitative estimate of drug-likeness (QED) is 0.821. The van der Waals surface area contributed by atoms with Crippen molar-refractivity contribution in [2.75, 3.05) is 46.8 Å². The first-order valence-electron chi connectivity index (χ1n) is 7.11. The standard InChI is InChI=1S/C14H29N3O2/c1-14(2,3)19-13(18)17(9-8-16(4)5)11-12-6-7-15-10-12/h12,15H,6-11H2,1-5H3. The maximum Gasteiger partial charge on any atom is 0.410 e. The van der Waals surface area contributed by atoms with Crippen LogP contribution < -0.4 is 5.32 Å². The number of nitrogens with zero attached hydrogens (tertiary/aromatic N) is 2. The fraction of sp³-hybridized carbons (Fsp3) is 0.929. The summed E-state index contributed by atoms with van der Waals surface area (Å²) in [6.45, 7) is 10.2. The third-order valence-electron chi connectivity index (χ3n) is 3.11. The summed E-state index contributed by atoms with van der Waals surface area (Å²) < 4.78 is 5.49. The van der Waals surface area contributed by atoms with Gasteiger partial charge in [0.1, 0.15) is 5.60 Å². The Balaban J connectivity index is 2.53. The molecule has 1 aliphatic heterocycles. The highest BCUT2D eigenvalue weighted by atomic mass is 16.6. The second-order valence-corrected chi connectivity index (χ2v) is 6.59. The van der Waals surface area contributed by atoms with Gasteiger partial charge in [-0.15, -0.1) is 0 Å². The third kappa shape index (κ3) is 6.78. The van der Waals surface area contributed by atoms with Gasteiger partial charge in [0, 0.05) is 19.6 Å². The zero-order valence-corrected chi connectivity index (χ0v) is 13.0. The number of hydrogen-bond donors (Lipinski definition) is 1. The van der Waals surface area contributed by atoms with Crippen molar-refractivity contribution in [3.63, 3.8) is 0 Å². The Hall–Kier alpha value is -0.810. The molecule has 1 amide bonds. The van der Waals surface area contributed by atoms with Gasteiger partial charge in [0.2, 0.25) is 0 Å². The Morgan fingerprint density at radius 3 is 2.47 bits per heavy atom. The van der Waals surface area contributed by atoms with Gasteiger partial charge in [-0.2, -0.15) is 0 Å². The summed E-state index contributed by atoms with van der Waals surface area (Å²) in [5.74, 6) is 0.551. The third-order valence-corrected chi connectivity index (χ3v) is 3.11. The molecule has 0 aromatic heterocycles. The number of likely N-dealkylation sites (N-methyl/N-ethyl adjacent to an activating group) is 1. The summed E-state index contributed by atoms with van der Waals surface area (Å²) in [5, 5.41) is 3.34. The molecular formula is C14H29N3O2. The number of carbonyl (C=O) groups excluding carboxylic acids is 1. The molecule has 1 fully saturated rings. The molecule has 1 atom stereocenters. The topological polar surface area (TPSA) is 44.8 Å². The van der Waals surface area contributed by atoms with Crippen LogP contribution in [0.25, 0.3) is 0 Å². The van der Waals surface area contributed by atoms with Gasteiger partial charge in [0.25, 0.3) is 0 Å². The van der Waals surface area contributed by atoms with Gasteiger partial charge < -0.3 is 19.9 Å². The molecule has 0 saturated carbocycles. The van der Waals surface area contributed by atoms with E-state index in [1.165, 1.54) is 0 Å². The Labute approximate surface area is 117 Å². The minimum Gasteiger partial charge on any atom is -0.444 e. The van der Waals surface area contributed by atoms with Crippen LogP contribution in [0.1, 0.15) is 27.2 Å². The van der Waals surface area contributed by atoms with E-state index >= 15 is 0 Å². The van der Waals surface area contributed by atoms with E-state index in [4.69, 9.17) is 4.74 Å². The van der Waals surface area contributed by atoms with Gasteiger partial charge >= 0.3 is 6.09 Å². The molecule has 1 rings (SSSR count). The van der Waals surface area contributed by atoms with Crippen LogP contribution in [0.3, 0.4) is 0 Å². The van der Waals surface area contributed by atoms with Crippen molar-refractivity contribution in [2.24, 2.45) is 5.92 Å². The van der Waals surface area contributed by atoms with Crippen molar-refractivity contribution in [3.8, 4) is 0 Å². The molecule has 5 heteroatoms. The maximum absolute atomic E-state index is 12.2.